The first-order valence-electron chi connectivity index (χ1n) is 6.76. The molecule has 4 atom stereocenters. The maximum atomic E-state index is 12.2. The third-order valence-electron chi connectivity index (χ3n) is 4.49. The molecule has 0 spiro atoms. The van der Waals surface area contributed by atoms with Gasteiger partial charge >= 0.3 is 6.03 Å². The number of hydrogen-bond donors (Lipinski definition) is 3. The van der Waals surface area contributed by atoms with Crippen molar-refractivity contribution in [2.75, 3.05) is 0 Å². The summed E-state index contributed by atoms with van der Waals surface area (Å²) in [5.41, 5.74) is -0.0149. The van der Waals surface area contributed by atoms with Crippen LogP contribution < -0.4 is 16.0 Å². The van der Waals surface area contributed by atoms with E-state index >= 15 is 0 Å². The molecule has 4 unspecified atom stereocenters. The monoisotopic (exact) mass is 265 g/mol. The topological polar surface area (TPSA) is 87.3 Å². The van der Waals surface area contributed by atoms with Gasteiger partial charge in [-0.3, -0.25) is 20.2 Å². The molecule has 19 heavy (non-hydrogen) atoms. The van der Waals surface area contributed by atoms with Gasteiger partial charge in [-0.25, -0.2) is 4.79 Å². The predicted molar refractivity (Wildman–Crippen MR) is 67.0 cm³/mol. The molecule has 3 aliphatic rings. The molecule has 1 saturated carbocycles. The predicted octanol–water partition coefficient (Wildman–Crippen LogP) is 0.135. The summed E-state index contributed by atoms with van der Waals surface area (Å²) in [6.45, 7) is 4.17. The number of rotatable bonds is 0. The zero-order valence-corrected chi connectivity index (χ0v) is 11.2. The van der Waals surface area contributed by atoms with Gasteiger partial charge in [0.2, 0.25) is 5.91 Å². The molecule has 0 aromatic rings. The van der Waals surface area contributed by atoms with E-state index in [1.807, 2.05) is 0 Å². The number of nitrogens with one attached hydrogen (secondary N) is 3. The van der Waals surface area contributed by atoms with E-state index in [4.69, 9.17) is 0 Å². The third kappa shape index (κ3) is 2.14. The van der Waals surface area contributed by atoms with Crippen molar-refractivity contribution in [2.45, 2.75) is 45.3 Å². The minimum Gasteiger partial charge on any atom is -0.322 e. The van der Waals surface area contributed by atoms with Crippen LogP contribution in [0.4, 0.5) is 4.79 Å². The summed E-state index contributed by atoms with van der Waals surface area (Å²) in [5.74, 6) is -0.492. The van der Waals surface area contributed by atoms with E-state index in [0.717, 1.165) is 6.42 Å². The van der Waals surface area contributed by atoms with Gasteiger partial charge in [0.1, 0.15) is 5.78 Å². The van der Waals surface area contributed by atoms with Crippen LogP contribution in [0.15, 0.2) is 0 Å². The highest BCUT2D eigenvalue weighted by Crippen LogP contribution is 2.41. The van der Waals surface area contributed by atoms with Crippen LogP contribution in [-0.4, -0.2) is 29.9 Å². The van der Waals surface area contributed by atoms with E-state index < -0.39 is 6.03 Å². The number of amides is 3. The third-order valence-corrected chi connectivity index (χ3v) is 4.49. The number of piperidine rings is 1. The van der Waals surface area contributed by atoms with Gasteiger partial charge in [0.15, 0.2) is 0 Å². The normalized spacial score (nSPS) is 40.8. The van der Waals surface area contributed by atoms with Gasteiger partial charge < -0.3 is 5.32 Å². The van der Waals surface area contributed by atoms with Crippen molar-refractivity contribution in [3.05, 3.63) is 0 Å². The molecular formula is C13H19N3O3. The van der Waals surface area contributed by atoms with Gasteiger partial charge in [-0.15, -0.1) is 0 Å². The Morgan fingerprint density at radius 2 is 1.89 bits per heavy atom. The summed E-state index contributed by atoms with van der Waals surface area (Å²) in [6.07, 6.45) is 1.65. The molecule has 0 bridgehead atoms. The fraction of sp³-hybridized carbons (Fsp3) is 0.769. The van der Waals surface area contributed by atoms with Crippen LogP contribution >= 0.6 is 0 Å². The number of imide groups is 1. The molecule has 104 valence electrons. The van der Waals surface area contributed by atoms with Crippen LogP contribution in [0.2, 0.25) is 0 Å². The minimum atomic E-state index is -0.460. The van der Waals surface area contributed by atoms with Crippen molar-refractivity contribution in [3.63, 3.8) is 0 Å². The lowest BCUT2D eigenvalue weighted by Gasteiger charge is -2.48. The number of fused-ring (bicyclic) bond motifs is 2. The Morgan fingerprint density at radius 1 is 1.16 bits per heavy atom. The lowest BCUT2D eigenvalue weighted by molar-refractivity contribution is -0.136. The first kappa shape index (κ1) is 12.6. The van der Waals surface area contributed by atoms with Crippen molar-refractivity contribution in [3.8, 4) is 0 Å². The van der Waals surface area contributed by atoms with E-state index in [1.54, 1.807) is 0 Å². The SMILES string of the molecule is CC1(C)CC(=O)C2CC3C(=O)NC(=O)NC3NC2C1. The summed E-state index contributed by atoms with van der Waals surface area (Å²) in [5, 5.41) is 8.29. The fourth-order valence-electron chi connectivity index (χ4n) is 3.65. The van der Waals surface area contributed by atoms with Crippen molar-refractivity contribution in [1.29, 1.82) is 0 Å². The smallest absolute Gasteiger partial charge is 0.322 e. The molecule has 3 N–H and O–H groups in total. The summed E-state index contributed by atoms with van der Waals surface area (Å²) in [7, 11) is 0. The van der Waals surface area contributed by atoms with Crippen LogP contribution in [0.5, 0.6) is 0 Å². The average Bonchev–Trinajstić information content (AvgIpc) is 2.24. The maximum absolute atomic E-state index is 12.2. The summed E-state index contributed by atoms with van der Waals surface area (Å²) in [4.78, 5) is 35.4. The highest BCUT2D eigenvalue weighted by molar-refractivity contribution is 5.99. The molecule has 0 aromatic heterocycles. The molecule has 2 heterocycles. The fourth-order valence-corrected chi connectivity index (χ4v) is 3.65. The number of ketones is 1. The maximum Gasteiger partial charge on any atom is 0.322 e. The van der Waals surface area contributed by atoms with Crippen LogP contribution in [0.3, 0.4) is 0 Å². The quantitative estimate of drug-likeness (QED) is 0.581. The number of carbonyl (C=O) groups is 3. The van der Waals surface area contributed by atoms with E-state index in [-0.39, 0.29) is 41.1 Å². The summed E-state index contributed by atoms with van der Waals surface area (Å²) in [6, 6.07) is -0.401. The Morgan fingerprint density at radius 3 is 2.63 bits per heavy atom. The molecule has 6 nitrogen and oxygen atoms in total. The summed E-state index contributed by atoms with van der Waals surface area (Å²) >= 11 is 0. The van der Waals surface area contributed by atoms with Crippen LogP contribution in [0.1, 0.15) is 33.1 Å². The van der Waals surface area contributed by atoms with E-state index in [2.05, 4.69) is 29.8 Å². The molecule has 3 amide bonds. The molecule has 0 aromatic carbocycles. The zero-order valence-electron chi connectivity index (χ0n) is 11.2. The first-order chi connectivity index (χ1) is 8.85. The summed E-state index contributed by atoms with van der Waals surface area (Å²) < 4.78 is 0. The first-order valence-corrected chi connectivity index (χ1v) is 6.76. The second kappa shape index (κ2) is 4.03. The molecule has 3 fully saturated rings. The molecule has 0 radical (unpaired) electrons. The number of carbonyl (C=O) groups excluding carboxylic acids is 3. The van der Waals surface area contributed by atoms with E-state index in [9.17, 15) is 14.4 Å². The zero-order chi connectivity index (χ0) is 13.8. The van der Waals surface area contributed by atoms with Gasteiger partial charge in [-0.1, -0.05) is 13.8 Å². The van der Waals surface area contributed by atoms with Gasteiger partial charge in [0.25, 0.3) is 0 Å². The van der Waals surface area contributed by atoms with Crippen molar-refractivity contribution in [1.82, 2.24) is 16.0 Å². The Hall–Kier alpha value is -1.43. The number of urea groups is 1. The average molecular weight is 265 g/mol. The van der Waals surface area contributed by atoms with E-state index in [1.165, 1.54) is 0 Å². The molecular weight excluding hydrogens is 246 g/mol. The van der Waals surface area contributed by atoms with Gasteiger partial charge in [-0.2, -0.15) is 0 Å². The van der Waals surface area contributed by atoms with Crippen molar-refractivity contribution < 1.29 is 14.4 Å². The Kier molecular flexibility index (Phi) is 2.67. The Labute approximate surface area is 111 Å². The van der Waals surface area contributed by atoms with Gasteiger partial charge in [0, 0.05) is 18.4 Å². The highest BCUT2D eigenvalue weighted by atomic mass is 16.2. The number of hydrogen-bond acceptors (Lipinski definition) is 4. The van der Waals surface area contributed by atoms with Crippen LogP contribution in [-0.2, 0) is 9.59 Å². The van der Waals surface area contributed by atoms with Crippen molar-refractivity contribution >= 4 is 17.7 Å². The van der Waals surface area contributed by atoms with Crippen LogP contribution in [0.25, 0.3) is 0 Å². The van der Waals surface area contributed by atoms with Gasteiger partial charge in [-0.05, 0) is 18.3 Å². The lowest BCUT2D eigenvalue weighted by Crippen LogP contribution is -2.70. The molecule has 1 aliphatic carbocycles. The van der Waals surface area contributed by atoms with Crippen LogP contribution in [0, 0.1) is 17.3 Å². The Balaban J connectivity index is 1.82. The highest BCUT2D eigenvalue weighted by Gasteiger charge is 2.49. The molecule has 2 aliphatic heterocycles. The van der Waals surface area contributed by atoms with Gasteiger partial charge in [0.05, 0.1) is 12.1 Å². The number of Topliss-reactive ketones (excluding diaryl/α,β-unsaturated/α-hetero) is 1. The standard InChI is InChI=1S/C13H19N3O3/c1-13(2)4-8-6(9(17)5-13)3-7-10(14-8)15-12(19)16-11(7)18/h6-8,10,14H,3-5H2,1-2H3,(H2,15,16,18,19). The second-order valence-electron chi connectivity index (χ2n) is 6.67. The largest absolute Gasteiger partial charge is 0.322 e. The molecule has 3 rings (SSSR count). The Bertz CT molecular complexity index is 460. The molecule has 2 saturated heterocycles. The lowest BCUT2D eigenvalue weighted by atomic mass is 9.65. The minimum absolute atomic E-state index is 0.0149. The molecule has 6 heteroatoms. The van der Waals surface area contributed by atoms with E-state index in [0.29, 0.717) is 12.8 Å². The van der Waals surface area contributed by atoms with Crippen molar-refractivity contribution in [2.24, 2.45) is 17.3 Å². The second-order valence-corrected chi connectivity index (χ2v) is 6.67.